The van der Waals surface area contributed by atoms with Gasteiger partial charge in [0.1, 0.15) is 18.1 Å². The number of benzene rings is 2. The van der Waals surface area contributed by atoms with Gasteiger partial charge < -0.3 is 19.9 Å². The molecule has 5 heteroatoms. The third-order valence-corrected chi connectivity index (χ3v) is 4.47. The first-order chi connectivity index (χ1) is 12.7. The smallest absolute Gasteiger partial charge is 0.272 e. The molecular weight excluding hydrogens is 326 g/mol. The number of fused-ring (bicyclic) bond motifs is 1. The minimum absolute atomic E-state index is 0.180. The number of hydrogen-bond acceptors (Lipinski definition) is 3. The first-order valence-electron chi connectivity index (χ1n) is 9.04. The molecule has 3 rings (SSSR count). The number of carbonyl (C=O) groups is 1. The van der Waals surface area contributed by atoms with Gasteiger partial charge in [-0.15, -0.1) is 0 Å². The molecule has 1 aromatic heterocycles. The second kappa shape index (κ2) is 8.54. The molecule has 0 radical (unpaired) electrons. The van der Waals surface area contributed by atoms with Gasteiger partial charge in [0.05, 0.1) is 5.69 Å². The van der Waals surface area contributed by atoms with Gasteiger partial charge in [-0.2, -0.15) is 0 Å². The number of anilines is 1. The predicted octanol–water partition coefficient (Wildman–Crippen LogP) is 4.14. The molecule has 3 aromatic rings. The molecule has 26 heavy (non-hydrogen) atoms. The van der Waals surface area contributed by atoms with Crippen LogP contribution in [0.15, 0.2) is 54.6 Å². The molecule has 0 aliphatic heterocycles. The summed E-state index contributed by atoms with van der Waals surface area (Å²) < 4.78 is 5.90. The molecule has 0 spiro atoms. The van der Waals surface area contributed by atoms with Gasteiger partial charge >= 0.3 is 0 Å². The lowest BCUT2D eigenvalue weighted by atomic mass is 10.2. The molecule has 1 heterocycles. The Balaban J connectivity index is 1.68. The summed E-state index contributed by atoms with van der Waals surface area (Å²) in [6.45, 7) is 7.71. The van der Waals surface area contributed by atoms with Crippen molar-refractivity contribution in [2.75, 3.05) is 31.6 Å². The normalized spacial score (nSPS) is 11.0. The first kappa shape index (κ1) is 18.0. The van der Waals surface area contributed by atoms with Crippen LogP contribution in [-0.2, 0) is 0 Å². The Hall–Kier alpha value is -2.79. The van der Waals surface area contributed by atoms with E-state index in [0.717, 1.165) is 30.5 Å². The Labute approximate surface area is 154 Å². The van der Waals surface area contributed by atoms with Crippen molar-refractivity contribution < 1.29 is 9.53 Å². The van der Waals surface area contributed by atoms with Crippen LogP contribution in [0.2, 0.25) is 0 Å². The van der Waals surface area contributed by atoms with Gasteiger partial charge in [0.15, 0.2) is 0 Å². The van der Waals surface area contributed by atoms with E-state index in [4.69, 9.17) is 4.74 Å². The maximum atomic E-state index is 12.6. The van der Waals surface area contributed by atoms with Crippen molar-refractivity contribution in [2.24, 2.45) is 0 Å². The van der Waals surface area contributed by atoms with Crippen LogP contribution in [0.3, 0.4) is 0 Å². The van der Waals surface area contributed by atoms with Gasteiger partial charge in [0.25, 0.3) is 5.91 Å². The van der Waals surface area contributed by atoms with E-state index in [-0.39, 0.29) is 5.91 Å². The van der Waals surface area contributed by atoms with Gasteiger partial charge in [-0.1, -0.05) is 44.2 Å². The quantitative estimate of drug-likeness (QED) is 0.641. The fraction of sp³-hybridized carbons (Fsp3) is 0.286. The molecule has 0 saturated heterocycles. The third kappa shape index (κ3) is 4.24. The van der Waals surface area contributed by atoms with Crippen molar-refractivity contribution in [3.05, 3.63) is 60.3 Å². The monoisotopic (exact) mass is 351 g/mol. The summed E-state index contributed by atoms with van der Waals surface area (Å²) in [7, 11) is 0. The predicted molar refractivity (Wildman–Crippen MR) is 106 cm³/mol. The number of ether oxygens (including phenoxy) is 1. The zero-order valence-electron chi connectivity index (χ0n) is 15.3. The fourth-order valence-electron chi connectivity index (χ4n) is 2.91. The number of carbonyl (C=O) groups excluding carboxylic acids is 1. The van der Waals surface area contributed by atoms with Crippen molar-refractivity contribution >= 4 is 22.5 Å². The maximum Gasteiger partial charge on any atom is 0.272 e. The van der Waals surface area contributed by atoms with Crippen LogP contribution in [0.25, 0.3) is 10.9 Å². The van der Waals surface area contributed by atoms with E-state index >= 15 is 0 Å². The maximum absolute atomic E-state index is 12.6. The molecule has 0 unspecified atom stereocenters. The molecule has 0 aliphatic rings. The van der Waals surface area contributed by atoms with Gasteiger partial charge in [-0.3, -0.25) is 4.79 Å². The van der Waals surface area contributed by atoms with E-state index in [9.17, 15) is 4.79 Å². The van der Waals surface area contributed by atoms with Gasteiger partial charge in [-0.25, -0.2) is 0 Å². The Morgan fingerprint density at radius 1 is 1.08 bits per heavy atom. The number of nitrogens with one attached hydrogen (secondary N) is 2. The van der Waals surface area contributed by atoms with Gasteiger partial charge in [0, 0.05) is 17.4 Å². The highest BCUT2D eigenvalue weighted by Gasteiger charge is 2.12. The average molecular weight is 351 g/mol. The summed E-state index contributed by atoms with van der Waals surface area (Å²) in [5.41, 5.74) is 2.15. The molecule has 0 saturated carbocycles. The highest BCUT2D eigenvalue weighted by atomic mass is 16.5. The number of aromatic amines is 1. The lowest BCUT2D eigenvalue weighted by Crippen LogP contribution is -2.28. The van der Waals surface area contributed by atoms with Crippen LogP contribution in [-0.4, -0.2) is 42.0 Å². The van der Waals surface area contributed by atoms with E-state index in [0.29, 0.717) is 23.7 Å². The summed E-state index contributed by atoms with van der Waals surface area (Å²) in [5.74, 6) is 0.505. The molecule has 0 aliphatic carbocycles. The standard InChI is InChI=1S/C21H25N3O2/c1-3-24(4-2)13-14-26-20-12-8-7-11-18(20)23-21(25)19-15-16-9-5-6-10-17(16)22-19/h5-12,15,22H,3-4,13-14H2,1-2H3,(H,23,25). The summed E-state index contributed by atoms with van der Waals surface area (Å²) >= 11 is 0. The van der Waals surface area contributed by atoms with Crippen molar-refractivity contribution in [2.45, 2.75) is 13.8 Å². The molecule has 1 amide bonds. The number of amides is 1. The second-order valence-corrected chi connectivity index (χ2v) is 6.10. The van der Waals surface area contributed by atoms with Crippen LogP contribution >= 0.6 is 0 Å². The highest BCUT2D eigenvalue weighted by molar-refractivity contribution is 6.06. The van der Waals surface area contributed by atoms with Crippen molar-refractivity contribution in [3.8, 4) is 5.75 Å². The molecule has 0 fully saturated rings. The van der Waals surface area contributed by atoms with E-state index in [2.05, 4.69) is 29.0 Å². The second-order valence-electron chi connectivity index (χ2n) is 6.10. The molecule has 0 atom stereocenters. The summed E-state index contributed by atoms with van der Waals surface area (Å²) in [6.07, 6.45) is 0. The van der Waals surface area contributed by atoms with E-state index in [1.165, 1.54) is 0 Å². The lowest BCUT2D eigenvalue weighted by Gasteiger charge is -2.19. The van der Waals surface area contributed by atoms with Crippen LogP contribution in [0, 0.1) is 0 Å². The summed E-state index contributed by atoms with van der Waals surface area (Å²) in [4.78, 5) is 18.1. The Morgan fingerprint density at radius 3 is 2.58 bits per heavy atom. The Morgan fingerprint density at radius 2 is 1.81 bits per heavy atom. The van der Waals surface area contributed by atoms with Crippen LogP contribution in [0.1, 0.15) is 24.3 Å². The Bertz CT molecular complexity index is 835. The van der Waals surface area contributed by atoms with Crippen LogP contribution in [0.5, 0.6) is 5.75 Å². The molecule has 5 nitrogen and oxygen atoms in total. The zero-order valence-corrected chi connectivity index (χ0v) is 15.3. The Kier molecular flexibility index (Phi) is 5.92. The van der Waals surface area contributed by atoms with Crippen LogP contribution in [0.4, 0.5) is 5.69 Å². The van der Waals surface area contributed by atoms with Crippen molar-refractivity contribution in [1.82, 2.24) is 9.88 Å². The van der Waals surface area contributed by atoms with Crippen LogP contribution < -0.4 is 10.1 Å². The first-order valence-corrected chi connectivity index (χ1v) is 9.04. The number of nitrogens with zero attached hydrogens (tertiary/aromatic N) is 1. The number of para-hydroxylation sites is 3. The summed E-state index contributed by atoms with van der Waals surface area (Å²) in [5, 5.41) is 3.96. The number of hydrogen-bond donors (Lipinski definition) is 2. The molecule has 2 aromatic carbocycles. The summed E-state index contributed by atoms with van der Waals surface area (Å²) in [6, 6.07) is 17.2. The molecule has 2 N–H and O–H groups in total. The average Bonchev–Trinajstić information content (AvgIpc) is 3.11. The van der Waals surface area contributed by atoms with E-state index in [1.807, 2.05) is 54.6 Å². The van der Waals surface area contributed by atoms with E-state index < -0.39 is 0 Å². The zero-order chi connectivity index (χ0) is 18.4. The molecule has 0 bridgehead atoms. The topological polar surface area (TPSA) is 57.4 Å². The minimum atomic E-state index is -0.180. The van der Waals surface area contributed by atoms with Gasteiger partial charge in [0.2, 0.25) is 0 Å². The largest absolute Gasteiger partial charge is 0.490 e. The number of likely N-dealkylation sites (N-methyl/N-ethyl adjacent to an activating group) is 1. The van der Waals surface area contributed by atoms with E-state index in [1.54, 1.807) is 0 Å². The van der Waals surface area contributed by atoms with Crippen molar-refractivity contribution in [3.63, 3.8) is 0 Å². The number of rotatable bonds is 8. The minimum Gasteiger partial charge on any atom is -0.490 e. The van der Waals surface area contributed by atoms with Gasteiger partial charge in [-0.05, 0) is 37.4 Å². The SMILES string of the molecule is CCN(CC)CCOc1ccccc1NC(=O)c1cc2ccccc2[nH]1. The molecular formula is C21H25N3O2. The number of H-pyrrole nitrogens is 1. The van der Waals surface area contributed by atoms with Crippen molar-refractivity contribution in [1.29, 1.82) is 0 Å². The number of aromatic nitrogens is 1. The highest BCUT2D eigenvalue weighted by Crippen LogP contribution is 2.25. The fourth-order valence-corrected chi connectivity index (χ4v) is 2.91. The lowest BCUT2D eigenvalue weighted by molar-refractivity contribution is 0.102. The molecule has 136 valence electrons. The third-order valence-electron chi connectivity index (χ3n) is 4.47.